The van der Waals surface area contributed by atoms with Crippen LogP contribution in [0.25, 0.3) is 0 Å². The lowest BCUT2D eigenvalue weighted by molar-refractivity contribution is -0.136. The summed E-state index contributed by atoms with van der Waals surface area (Å²) in [6.45, 7) is 6.76. The number of hydrogen-bond acceptors (Lipinski definition) is 4. The average molecular weight is 367 g/mol. The summed E-state index contributed by atoms with van der Waals surface area (Å²) < 4.78 is 25.3. The van der Waals surface area contributed by atoms with Crippen molar-refractivity contribution in [3.05, 3.63) is 23.8 Å². The Morgan fingerprint density at radius 1 is 1.24 bits per heavy atom. The number of nitrogens with one attached hydrogen (secondary N) is 2. The fraction of sp³-hybridized carbons (Fsp3) is 0.529. The number of aryl methyl sites for hydroxylation is 1. The maximum atomic E-state index is 12.0. The minimum atomic E-state index is -3.24. The van der Waals surface area contributed by atoms with Crippen LogP contribution in [0.3, 0.4) is 0 Å². The highest BCUT2D eigenvalue weighted by Crippen LogP contribution is 2.27. The largest absolute Gasteiger partial charge is 0.348 e. The number of amides is 2. The van der Waals surface area contributed by atoms with E-state index in [0.29, 0.717) is 42.4 Å². The summed E-state index contributed by atoms with van der Waals surface area (Å²) in [5.74, 6) is -0.805. The zero-order valence-electron chi connectivity index (χ0n) is 14.8. The van der Waals surface area contributed by atoms with Crippen molar-refractivity contribution >= 4 is 33.2 Å². The second-order valence-corrected chi connectivity index (χ2v) is 8.65. The van der Waals surface area contributed by atoms with Gasteiger partial charge in [0.05, 0.1) is 11.4 Å². The monoisotopic (exact) mass is 367 g/mol. The summed E-state index contributed by atoms with van der Waals surface area (Å²) in [5, 5.41) is 5.15. The van der Waals surface area contributed by atoms with Crippen molar-refractivity contribution in [2.75, 3.05) is 28.5 Å². The molecule has 7 nitrogen and oxygen atoms in total. The topological polar surface area (TPSA) is 95.6 Å². The van der Waals surface area contributed by atoms with Gasteiger partial charge in [0, 0.05) is 18.8 Å². The fourth-order valence-corrected chi connectivity index (χ4v) is 4.16. The molecular formula is C17H25N3O4S. The van der Waals surface area contributed by atoms with E-state index < -0.39 is 21.8 Å². The summed E-state index contributed by atoms with van der Waals surface area (Å²) in [7, 11) is -3.24. The summed E-state index contributed by atoms with van der Waals surface area (Å²) in [4.78, 5) is 23.7. The van der Waals surface area contributed by atoms with Crippen molar-refractivity contribution in [3.63, 3.8) is 0 Å². The van der Waals surface area contributed by atoms with Crippen LogP contribution >= 0.6 is 0 Å². The molecule has 0 aliphatic carbocycles. The van der Waals surface area contributed by atoms with Crippen molar-refractivity contribution in [2.24, 2.45) is 5.92 Å². The maximum absolute atomic E-state index is 12.0. The first-order chi connectivity index (χ1) is 11.7. The van der Waals surface area contributed by atoms with Crippen LogP contribution in [0, 0.1) is 12.8 Å². The third kappa shape index (κ3) is 4.94. The number of anilines is 2. The molecule has 1 aromatic carbocycles. The smallest absolute Gasteiger partial charge is 0.313 e. The molecule has 1 aliphatic rings. The van der Waals surface area contributed by atoms with Gasteiger partial charge >= 0.3 is 11.8 Å². The van der Waals surface area contributed by atoms with E-state index in [1.165, 1.54) is 4.31 Å². The van der Waals surface area contributed by atoms with Gasteiger partial charge in [-0.15, -0.1) is 0 Å². The lowest BCUT2D eigenvalue weighted by atomic mass is 10.1. The quantitative estimate of drug-likeness (QED) is 0.773. The number of sulfonamides is 1. The van der Waals surface area contributed by atoms with Crippen LogP contribution in [0.5, 0.6) is 0 Å². The van der Waals surface area contributed by atoms with Crippen LogP contribution in [0.4, 0.5) is 11.4 Å². The van der Waals surface area contributed by atoms with Crippen molar-refractivity contribution in [1.82, 2.24) is 5.32 Å². The van der Waals surface area contributed by atoms with Crippen LogP contribution in [0.2, 0.25) is 0 Å². The molecule has 25 heavy (non-hydrogen) atoms. The Bertz CT molecular complexity index is 759. The maximum Gasteiger partial charge on any atom is 0.313 e. The first-order valence-corrected chi connectivity index (χ1v) is 10.0. The third-order valence-corrected chi connectivity index (χ3v) is 5.93. The second kappa shape index (κ2) is 7.86. The normalized spacial score (nSPS) is 16.1. The average Bonchev–Trinajstić information content (AvgIpc) is 2.88. The Morgan fingerprint density at radius 2 is 1.96 bits per heavy atom. The molecule has 0 atom stereocenters. The third-order valence-electron chi connectivity index (χ3n) is 4.06. The summed E-state index contributed by atoms with van der Waals surface area (Å²) in [6.07, 6.45) is 1.41. The molecule has 0 saturated carbocycles. The molecule has 1 aliphatic heterocycles. The van der Waals surface area contributed by atoms with Gasteiger partial charge in [0.1, 0.15) is 0 Å². The van der Waals surface area contributed by atoms with E-state index in [1.54, 1.807) is 25.1 Å². The number of benzene rings is 1. The predicted octanol–water partition coefficient (Wildman–Crippen LogP) is 1.64. The molecule has 0 bridgehead atoms. The van der Waals surface area contributed by atoms with Gasteiger partial charge in [0.15, 0.2) is 0 Å². The number of carbonyl (C=O) groups excluding carboxylic acids is 2. The fourth-order valence-electron chi connectivity index (χ4n) is 2.61. The lowest BCUT2D eigenvalue weighted by Gasteiger charge is -2.18. The molecule has 1 fully saturated rings. The van der Waals surface area contributed by atoms with Gasteiger partial charge in [-0.05, 0) is 49.4 Å². The molecule has 8 heteroatoms. The molecule has 1 aromatic rings. The minimum Gasteiger partial charge on any atom is -0.348 e. The Hall–Kier alpha value is -2.09. The first-order valence-electron chi connectivity index (χ1n) is 8.41. The zero-order valence-corrected chi connectivity index (χ0v) is 15.6. The first kappa shape index (κ1) is 19.2. The van der Waals surface area contributed by atoms with Crippen LogP contribution in [0.15, 0.2) is 18.2 Å². The van der Waals surface area contributed by atoms with Gasteiger partial charge in [-0.25, -0.2) is 8.42 Å². The van der Waals surface area contributed by atoms with Crippen LogP contribution in [-0.4, -0.2) is 39.1 Å². The molecule has 0 radical (unpaired) electrons. The Morgan fingerprint density at radius 3 is 2.52 bits per heavy atom. The van der Waals surface area contributed by atoms with E-state index in [0.717, 1.165) is 6.42 Å². The van der Waals surface area contributed by atoms with Gasteiger partial charge in [0.2, 0.25) is 10.0 Å². The predicted molar refractivity (Wildman–Crippen MR) is 98.0 cm³/mol. The van der Waals surface area contributed by atoms with E-state index in [2.05, 4.69) is 10.6 Å². The van der Waals surface area contributed by atoms with Crippen molar-refractivity contribution in [1.29, 1.82) is 0 Å². The van der Waals surface area contributed by atoms with E-state index in [-0.39, 0.29) is 5.75 Å². The van der Waals surface area contributed by atoms with Crippen molar-refractivity contribution in [3.8, 4) is 0 Å². The summed E-state index contributed by atoms with van der Waals surface area (Å²) in [5.41, 5.74) is 1.77. The minimum absolute atomic E-state index is 0.154. The van der Waals surface area contributed by atoms with Gasteiger partial charge in [-0.3, -0.25) is 13.9 Å². The standard InChI is InChI=1S/C17H25N3O4S/c1-12(2)7-8-18-16(21)17(22)19-15-6-5-14(11-13(15)3)20-9-4-10-25(20,23)24/h5-6,11-12H,4,7-10H2,1-3H3,(H,18,21)(H,19,22). The molecule has 0 unspecified atom stereocenters. The second-order valence-electron chi connectivity index (χ2n) is 6.63. The number of hydrogen-bond donors (Lipinski definition) is 2. The highest BCUT2D eigenvalue weighted by molar-refractivity contribution is 7.93. The van der Waals surface area contributed by atoms with E-state index in [1.807, 2.05) is 13.8 Å². The molecule has 1 saturated heterocycles. The molecule has 0 spiro atoms. The van der Waals surface area contributed by atoms with E-state index >= 15 is 0 Å². The highest BCUT2D eigenvalue weighted by Gasteiger charge is 2.28. The molecule has 2 N–H and O–H groups in total. The number of carbonyl (C=O) groups is 2. The van der Waals surface area contributed by atoms with Crippen LogP contribution in [0.1, 0.15) is 32.3 Å². The van der Waals surface area contributed by atoms with Crippen molar-refractivity contribution in [2.45, 2.75) is 33.6 Å². The van der Waals surface area contributed by atoms with Crippen molar-refractivity contribution < 1.29 is 18.0 Å². The van der Waals surface area contributed by atoms with E-state index in [9.17, 15) is 18.0 Å². The van der Waals surface area contributed by atoms with Crippen LogP contribution < -0.4 is 14.9 Å². The van der Waals surface area contributed by atoms with Crippen LogP contribution in [-0.2, 0) is 19.6 Å². The SMILES string of the molecule is Cc1cc(N2CCCS2(=O)=O)ccc1NC(=O)C(=O)NCCC(C)C. The van der Waals surface area contributed by atoms with Gasteiger partial charge in [0.25, 0.3) is 0 Å². The number of rotatable bonds is 5. The molecule has 0 aromatic heterocycles. The zero-order chi connectivity index (χ0) is 18.6. The van der Waals surface area contributed by atoms with Gasteiger partial charge < -0.3 is 10.6 Å². The number of nitrogens with zero attached hydrogens (tertiary/aromatic N) is 1. The Kier molecular flexibility index (Phi) is 6.05. The molecule has 138 valence electrons. The highest BCUT2D eigenvalue weighted by atomic mass is 32.2. The lowest BCUT2D eigenvalue weighted by Crippen LogP contribution is -2.36. The summed E-state index contributed by atoms with van der Waals surface area (Å²) in [6, 6.07) is 4.97. The molecule has 2 amide bonds. The molecule has 2 rings (SSSR count). The summed E-state index contributed by atoms with van der Waals surface area (Å²) >= 11 is 0. The van der Waals surface area contributed by atoms with Gasteiger partial charge in [-0.1, -0.05) is 13.8 Å². The van der Waals surface area contributed by atoms with E-state index in [4.69, 9.17) is 0 Å². The Labute approximate surface area is 148 Å². The molecule has 1 heterocycles. The molecular weight excluding hydrogens is 342 g/mol. The Balaban J connectivity index is 2.01. The van der Waals surface area contributed by atoms with Gasteiger partial charge in [-0.2, -0.15) is 0 Å².